The minimum Gasteiger partial charge on any atom is -0.324 e. The number of nitrogens with one attached hydrogen (secondary N) is 1. The van der Waals surface area contributed by atoms with Crippen LogP contribution in [0.15, 0.2) is 63.9 Å². The smallest absolute Gasteiger partial charge is 0.276 e. The third-order valence-corrected chi connectivity index (χ3v) is 6.39. The van der Waals surface area contributed by atoms with E-state index in [1.54, 1.807) is 6.07 Å². The number of rotatable bonds is 5. The van der Waals surface area contributed by atoms with E-state index in [-0.39, 0.29) is 22.2 Å². The molecule has 1 amide bonds. The van der Waals surface area contributed by atoms with Crippen LogP contribution in [0.3, 0.4) is 0 Å². The van der Waals surface area contributed by atoms with Crippen molar-refractivity contribution in [3.05, 3.63) is 80.7 Å². The number of hydrogen-bond acceptors (Lipinski definition) is 5. The molecule has 0 fully saturated rings. The van der Waals surface area contributed by atoms with Crippen LogP contribution < -0.4 is 10.9 Å². The maximum Gasteiger partial charge on any atom is 0.276 e. The second-order valence-corrected chi connectivity index (χ2v) is 8.74. The average molecular weight is 460 g/mol. The van der Waals surface area contributed by atoms with Gasteiger partial charge in [-0.1, -0.05) is 35.5 Å². The van der Waals surface area contributed by atoms with E-state index in [4.69, 9.17) is 11.6 Å². The van der Waals surface area contributed by atoms with E-state index in [1.165, 1.54) is 28.0 Å². The van der Waals surface area contributed by atoms with Crippen molar-refractivity contribution in [3.8, 4) is 5.69 Å². The Morgan fingerprint density at radius 3 is 2.87 bits per heavy atom. The number of thioether (sulfide) groups is 1. The zero-order chi connectivity index (χ0) is 21.3. The van der Waals surface area contributed by atoms with Gasteiger partial charge >= 0.3 is 0 Å². The number of aromatic nitrogens is 2. The highest BCUT2D eigenvalue weighted by Gasteiger charge is 2.16. The molecule has 4 aromatic rings. The van der Waals surface area contributed by atoms with Crippen molar-refractivity contribution in [2.24, 2.45) is 0 Å². The fraction of sp³-hybridized carbons (Fsp3) is 0.0952. The highest BCUT2D eigenvalue weighted by atomic mass is 35.5. The average Bonchev–Trinajstić information content (AvgIpc) is 3.17. The second kappa shape index (κ2) is 8.59. The van der Waals surface area contributed by atoms with E-state index in [1.807, 2.05) is 36.6 Å². The third kappa shape index (κ3) is 4.26. The van der Waals surface area contributed by atoms with Gasteiger partial charge in [0.1, 0.15) is 10.5 Å². The number of aryl methyl sites for hydroxylation is 1. The van der Waals surface area contributed by atoms with Crippen molar-refractivity contribution in [1.82, 2.24) is 9.55 Å². The lowest BCUT2D eigenvalue weighted by Crippen LogP contribution is -2.22. The van der Waals surface area contributed by atoms with Gasteiger partial charge in [-0.15, -0.1) is 11.3 Å². The lowest BCUT2D eigenvalue weighted by atomic mass is 10.2. The van der Waals surface area contributed by atoms with Gasteiger partial charge < -0.3 is 5.32 Å². The van der Waals surface area contributed by atoms with Crippen molar-refractivity contribution in [1.29, 1.82) is 0 Å². The Labute approximate surface area is 184 Å². The fourth-order valence-electron chi connectivity index (χ4n) is 2.89. The summed E-state index contributed by atoms with van der Waals surface area (Å²) < 4.78 is 15.3. The summed E-state index contributed by atoms with van der Waals surface area (Å²) in [7, 11) is 0. The first-order valence-corrected chi connectivity index (χ1v) is 11.1. The van der Waals surface area contributed by atoms with Crippen LogP contribution in [0, 0.1) is 12.7 Å². The van der Waals surface area contributed by atoms with Gasteiger partial charge in [0, 0.05) is 0 Å². The fourth-order valence-corrected chi connectivity index (χ4v) is 4.68. The molecule has 30 heavy (non-hydrogen) atoms. The Morgan fingerprint density at radius 2 is 2.10 bits per heavy atom. The second-order valence-electron chi connectivity index (χ2n) is 6.47. The highest BCUT2D eigenvalue weighted by Crippen LogP contribution is 2.26. The maximum absolute atomic E-state index is 13.2. The minimum atomic E-state index is -0.484. The molecule has 2 aromatic carbocycles. The molecular weight excluding hydrogens is 445 g/mol. The monoisotopic (exact) mass is 459 g/mol. The van der Waals surface area contributed by atoms with Gasteiger partial charge in [0.05, 0.1) is 27.7 Å². The first kappa shape index (κ1) is 20.6. The molecule has 1 N–H and O–H groups in total. The number of hydrogen-bond donors (Lipinski definition) is 1. The van der Waals surface area contributed by atoms with E-state index >= 15 is 0 Å². The summed E-state index contributed by atoms with van der Waals surface area (Å²) in [5.41, 5.74) is 2.43. The number of anilines is 1. The predicted octanol–water partition coefficient (Wildman–Crippen LogP) is 5.28. The van der Waals surface area contributed by atoms with Crippen LogP contribution in [-0.2, 0) is 4.79 Å². The van der Waals surface area contributed by atoms with Crippen LogP contribution in [0.2, 0.25) is 5.02 Å². The van der Waals surface area contributed by atoms with Crippen LogP contribution >= 0.6 is 34.7 Å². The molecule has 2 aromatic heterocycles. The molecule has 0 radical (unpaired) electrons. The van der Waals surface area contributed by atoms with Crippen LogP contribution in [0.25, 0.3) is 15.9 Å². The molecule has 0 saturated carbocycles. The van der Waals surface area contributed by atoms with Gasteiger partial charge in [0.15, 0.2) is 5.16 Å². The molecule has 0 aliphatic rings. The maximum atomic E-state index is 13.2. The lowest BCUT2D eigenvalue weighted by molar-refractivity contribution is -0.113. The van der Waals surface area contributed by atoms with Crippen LogP contribution in [0.1, 0.15) is 5.56 Å². The quantitative estimate of drug-likeness (QED) is 0.326. The summed E-state index contributed by atoms with van der Waals surface area (Å²) in [6, 6.07) is 13.1. The van der Waals surface area contributed by atoms with E-state index in [9.17, 15) is 14.0 Å². The molecule has 4 rings (SSSR count). The highest BCUT2D eigenvalue weighted by molar-refractivity contribution is 7.99. The molecule has 5 nitrogen and oxygen atoms in total. The number of carbonyl (C=O) groups excluding carboxylic acids is 1. The molecule has 0 aliphatic heterocycles. The first-order chi connectivity index (χ1) is 14.4. The number of nitrogens with zero attached hydrogens (tertiary/aromatic N) is 2. The Balaban J connectivity index is 1.64. The van der Waals surface area contributed by atoms with Crippen LogP contribution in [-0.4, -0.2) is 21.2 Å². The van der Waals surface area contributed by atoms with E-state index < -0.39 is 5.82 Å². The molecular formula is C21H15ClFN3O2S2. The Bertz CT molecular complexity index is 1320. The zero-order valence-electron chi connectivity index (χ0n) is 15.7. The SMILES string of the molecule is Cc1cccc(-n2c(SCC(=O)Nc3ccc(F)cc3Cl)nc3ccsc3c2=O)c1. The van der Waals surface area contributed by atoms with Gasteiger partial charge in [-0.2, -0.15) is 0 Å². The Hall–Kier alpha value is -2.68. The number of carbonyl (C=O) groups is 1. The number of amides is 1. The molecule has 0 atom stereocenters. The zero-order valence-corrected chi connectivity index (χ0v) is 18.1. The summed E-state index contributed by atoms with van der Waals surface area (Å²) >= 11 is 8.45. The molecule has 0 spiro atoms. The number of halogens is 2. The molecule has 0 saturated heterocycles. The van der Waals surface area contributed by atoms with Crippen molar-refractivity contribution in [2.45, 2.75) is 12.1 Å². The molecule has 152 valence electrons. The van der Waals surface area contributed by atoms with E-state index in [2.05, 4.69) is 10.3 Å². The van der Waals surface area contributed by atoms with Gasteiger partial charge in [-0.25, -0.2) is 9.37 Å². The summed E-state index contributed by atoms with van der Waals surface area (Å²) in [6.07, 6.45) is 0. The standard InChI is InChI=1S/C21H15ClFN3O2S2/c1-12-3-2-4-14(9-12)26-20(28)19-17(7-8-29-19)25-21(26)30-11-18(27)24-16-6-5-13(23)10-15(16)22/h2-10H,11H2,1H3,(H,24,27). The summed E-state index contributed by atoms with van der Waals surface area (Å²) in [5, 5.41) is 5.00. The number of thiophene rings is 1. The lowest BCUT2D eigenvalue weighted by Gasteiger charge is -2.13. The molecule has 0 bridgehead atoms. The predicted molar refractivity (Wildman–Crippen MR) is 121 cm³/mol. The number of benzene rings is 2. The van der Waals surface area contributed by atoms with Gasteiger partial charge in [-0.3, -0.25) is 14.2 Å². The summed E-state index contributed by atoms with van der Waals surface area (Å²) in [6.45, 7) is 1.94. The molecule has 0 aliphatic carbocycles. The van der Waals surface area contributed by atoms with Crippen LogP contribution in [0.4, 0.5) is 10.1 Å². The minimum absolute atomic E-state index is 0.00159. The largest absolute Gasteiger partial charge is 0.324 e. The Morgan fingerprint density at radius 1 is 1.27 bits per heavy atom. The topological polar surface area (TPSA) is 64.0 Å². The van der Waals surface area contributed by atoms with E-state index in [0.29, 0.717) is 26.7 Å². The van der Waals surface area contributed by atoms with Crippen molar-refractivity contribution < 1.29 is 9.18 Å². The third-order valence-electron chi connectivity index (χ3n) is 4.25. The summed E-state index contributed by atoms with van der Waals surface area (Å²) in [4.78, 5) is 30.1. The van der Waals surface area contributed by atoms with Crippen LogP contribution in [0.5, 0.6) is 0 Å². The van der Waals surface area contributed by atoms with Gasteiger partial charge in [0.25, 0.3) is 5.56 Å². The summed E-state index contributed by atoms with van der Waals surface area (Å²) in [5.74, 6) is -0.825. The van der Waals surface area contributed by atoms with E-state index in [0.717, 1.165) is 23.4 Å². The number of fused-ring (bicyclic) bond motifs is 1. The van der Waals surface area contributed by atoms with Crippen molar-refractivity contribution in [2.75, 3.05) is 11.1 Å². The van der Waals surface area contributed by atoms with Crippen molar-refractivity contribution >= 4 is 56.5 Å². The molecule has 9 heteroatoms. The van der Waals surface area contributed by atoms with Crippen molar-refractivity contribution in [3.63, 3.8) is 0 Å². The normalized spacial score (nSPS) is 11.0. The molecule has 2 heterocycles. The first-order valence-electron chi connectivity index (χ1n) is 8.87. The van der Waals surface area contributed by atoms with Gasteiger partial charge in [-0.05, 0) is 54.3 Å². The Kier molecular flexibility index (Phi) is 5.90. The van der Waals surface area contributed by atoms with Gasteiger partial charge in [0.2, 0.25) is 5.91 Å². The molecule has 0 unspecified atom stereocenters.